The first-order chi connectivity index (χ1) is 5.66. The monoisotopic (exact) mass is 169 g/mol. The van der Waals surface area contributed by atoms with Crippen LogP contribution in [0.25, 0.3) is 0 Å². The maximum atomic E-state index is 10.8. The van der Waals surface area contributed by atoms with Crippen molar-refractivity contribution in [1.29, 1.82) is 0 Å². The second-order valence-corrected chi connectivity index (χ2v) is 2.05. The van der Waals surface area contributed by atoms with Crippen LogP contribution in [0.1, 0.15) is 0 Å². The highest BCUT2D eigenvalue weighted by atomic mass is 16.2. The summed E-state index contributed by atoms with van der Waals surface area (Å²) in [5.74, 6) is 1.43. The van der Waals surface area contributed by atoms with Gasteiger partial charge in [-0.05, 0) is 0 Å². The van der Waals surface area contributed by atoms with Gasteiger partial charge in [-0.15, -0.1) is 6.42 Å². The number of nitrogens with two attached hydrogens (primary N) is 1. The van der Waals surface area contributed by atoms with Crippen molar-refractivity contribution in [3.05, 3.63) is 0 Å². The Balaban J connectivity index is 3.35. The van der Waals surface area contributed by atoms with E-state index in [4.69, 9.17) is 12.2 Å². The van der Waals surface area contributed by atoms with Gasteiger partial charge in [0.25, 0.3) is 0 Å². The number of amides is 2. The van der Waals surface area contributed by atoms with Crippen LogP contribution in [0, 0.1) is 12.3 Å². The van der Waals surface area contributed by atoms with Crippen LogP contribution in [0.5, 0.6) is 0 Å². The molecule has 0 rings (SSSR count). The Hall–Kier alpha value is -1.54. The molecule has 0 heterocycles. The number of hydrogen-bond acceptors (Lipinski definition) is 3. The Morgan fingerprint density at radius 1 is 1.42 bits per heavy atom. The van der Waals surface area contributed by atoms with E-state index >= 15 is 0 Å². The third-order valence-corrected chi connectivity index (χ3v) is 0.972. The highest BCUT2D eigenvalue weighted by Crippen LogP contribution is 1.63. The molecule has 5 nitrogen and oxygen atoms in total. The molecule has 0 saturated carbocycles. The SMILES string of the molecule is C#CCNCC(=O)NCC(N)=O. The van der Waals surface area contributed by atoms with E-state index in [1.807, 2.05) is 0 Å². The lowest BCUT2D eigenvalue weighted by molar-refractivity contribution is -0.124. The molecule has 66 valence electrons. The summed E-state index contributed by atoms with van der Waals surface area (Å²) in [6.45, 7) is 0.276. The van der Waals surface area contributed by atoms with E-state index in [-0.39, 0.29) is 19.0 Å². The topological polar surface area (TPSA) is 84.2 Å². The van der Waals surface area contributed by atoms with Gasteiger partial charge in [-0.2, -0.15) is 0 Å². The van der Waals surface area contributed by atoms with E-state index in [1.165, 1.54) is 0 Å². The largest absolute Gasteiger partial charge is 0.368 e. The lowest BCUT2D eigenvalue weighted by Gasteiger charge is -2.01. The normalized spacial score (nSPS) is 8.58. The first-order valence-electron chi connectivity index (χ1n) is 3.36. The zero-order valence-corrected chi connectivity index (χ0v) is 6.59. The minimum Gasteiger partial charge on any atom is -0.368 e. The van der Waals surface area contributed by atoms with E-state index in [9.17, 15) is 9.59 Å². The Morgan fingerprint density at radius 3 is 2.58 bits per heavy atom. The van der Waals surface area contributed by atoms with Crippen molar-refractivity contribution < 1.29 is 9.59 Å². The van der Waals surface area contributed by atoms with Crippen molar-refractivity contribution in [2.24, 2.45) is 5.73 Å². The van der Waals surface area contributed by atoms with Gasteiger partial charge in [0.1, 0.15) is 0 Å². The number of carbonyl (C=O) groups excluding carboxylic acids is 2. The number of carbonyl (C=O) groups is 2. The van der Waals surface area contributed by atoms with E-state index in [1.54, 1.807) is 0 Å². The molecule has 0 atom stereocenters. The maximum Gasteiger partial charge on any atom is 0.236 e. The van der Waals surface area contributed by atoms with Gasteiger partial charge >= 0.3 is 0 Å². The molecular formula is C7H11N3O2. The van der Waals surface area contributed by atoms with E-state index in [0.717, 1.165) is 0 Å². The van der Waals surface area contributed by atoms with Gasteiger partial charge in [0.2, 0.25) is 11.8 Å². The number of rotatable bonds is 5. The van der Waals surface area contributed by atoms with E-state index in [2.05, 4.69) is 16.6 Å². The quantitative estimate of drug-likeness (QED) is 0.323. The molecule has 12 heavy (non-hydrogen) atoms. The Bertz CT molecular complexity index is 207. The lowest BCUT2D eigenvalue weighted by atomic mass is 10.5. The van der Waals surface area contributed by atoms with Gasteiger partial charge in [-0.3, -0.25) is 14.9 Å². The molecule has 0 spiro atoms. The zero-order chi connectivity index (χ0) is 9.40. The molecule has 0 aliphatic heterocycles. The number of nitrogens with one attached hydrogen (secondary N) is 2. The summed E-state index contributed by atoms with van der Waals surface area (Å²) in [6, 6.07) is 0. The van der Waals surface area contributed by atoms with Crippen LogP contribution < -0.4 is 16.4 Å². The van der Waals surface area contributed by atoms with Crippen LogP contribution >= 0.6 is 0 Å². The summed E-state index contributed by atoms with van der Waals surface area (Å²) in [4.78, 5) is 21.0. The maximum absolute atomic E-state index is 10.8. The zero-order valence-electron chi connectivity index (χ0n) is 6.59. The molecule has 0 aromatic heterocycles. The lowest BCUT2D eigenvalue weighted by Crippen LogP contribution is -2.38. The van der Waals surface area contributed by atoms with Crippen LogP contribution in [-0.4, -0.2) is 31.4 Å². The van der Waals surface area contributed by atoms with Crippen molar-refractivity contribution in [3.63, 3.8) is 0 Å². The predicted octanol–water partition coefficient (Wildman–Crippen LogP) is -2.19. The molecule has 0 fully saturated rings. The van der Waals surface area contributed by atoms with Crippen molar-refractivity contribution in [3.8, 4) is 12.3 Å². The van der Waals surface area contributed by atoms with Gasteiger partial charge in [-0.1, -0.05) is 5.92 Å². The molecule has 0 aliphatic rings. The van der Waals surface area contributed by atoms with Crippen LogP contribution in [0.2, 0.25) is 0 Å². The fraction of sp³-hybridized carbons (Fsp3) is 0.429. The average Bonchev–Trinajstić information content (AvgIpc) is 2.01. The van der Waals surface area contributed by atoms with Crippen molar-refractivity contribution in [2.45, 2.75) is 0 Å². The number of terminal acetylenes is 1. The first-order valence-corrected chi connectivity index (χ1v) is 3.36. The highest BCUT2D eigenvalue weighted by Gasteiger charge is 2.00. The summed E-state index contributed by atoms with van der Waals surface area (Å²) in [7, 11) is 0. The third-order valence-electron chi connectivity index (χ3n) is 0.972. The minimum atomic E-state index is -0.569. The van der Waals surface area contributed by atoms with Gasteiger partial charge in [0.15, 0.2) is 0 Å². The summed E-state index contributed by atoms with van der Waals surface area (Å²) < 4.78 is 0. The number of primary amides is 1. The first kappa shape index (κ1) is 10.5. The molecule has 0 bridgehead atoms. The molecular weight excluding hydrogens is 158 g/mol. The Labute approximate surface area is 70.7 Å². The molecule has 0 radical (unpaired) electrons. The molecule has 4 N–H and O–H groups in total. The third kappa shape index (κ3) is 6.58. The van der Waals surface area contributed by atoms with Crippen LogP contribution in [0.3, 0.4) is 0 Å². The summed E-state index contributed by atoms with van der Waals surface area (Å²) in [5, 5.41) is 4.95. The van der Waals surface area contributed by atoms with Crippen LogP contribution in [-0.2, 0) is 9.59 Å². The standard InChI is InChI=1S/C7H11N3O2/c1-2-3-9-5-7(12)10-4-6(8)11/h1,9H,3-5H2,(H2,8,11)(H,10,12). The summed E-state index contributed by atoms with van der Waals surface area (Å²) in [5.41, 5.74) is 4.79. The molecule has 0 aromatic rings. The van der Waals surface area contributed by atoms with Crippen LogP contribution in [0.4, 0.5) is 0 Å². The highest BCUT2D eigenvalue weighted by molar-refractivity contribution is 5.84. The van der Waals surface area contributed by atoms with Crippen LogP contribution in [0.15, 0.2) is 0 Å². The van der Waals surface area contributed by atoms with Crippen molar-refractivity contribution in [1.82, 2.24) is 10.6 Å². The van der Waals surface area contributed by atoms with Crippen molar-refractivity contribution in [2.75, 3.05) is 19.6 Å². The smallest absolute Gasteiger partial charge is 0.236 e. The van der Waals surface area contributed by atoms with E-state index in [0.29, 0.717) is 6.54 Å². The molecule has 0 aliphatic carbocycles. The predicted molar refractivity (Wildman–Crippen MR) is 43.9 cm³/mol. The Morgan fingerprint density at radius 2 is 2.08 bits per heavy atom. The van der Waals surface area contributed by atoms with Gasteiger partial charge in [0.05, 0.1) is 19.6 Å². The Kier molecular flexibility index (Phi) is 5.39. The summed E-state index contributed by atoms with van der Waals surface area (Å²) in [6.07, 6.45) is 4.92. The van der Waals surface area contributed by atoms with Gasteiger partial charge < -0.3 is 11.1 Å². The fourth-order valence-electron chi connectivity index (χ4n) is 0.496. The van der Waals surface area contributed by atoms with Gasteiger partial charge in [-0.25, -0.2) is 0 Å². The number of hydrogen-bond donors (Lipinski definition) is 3. The molecule has 2 amide bonds. The fourth-order valence-corrected chi connectivity index (χ4v) is 0.496. The second-order valence-electron chi connectivity index (χ2n) is 2.05. The second kappa shape index (κ2) is 6.19. The average molecular weight is 169 g/mol. The summed E-state index contributed by atoms with van der Waals surface area (Å²) >= 11 is 0. The molecule has 0 unspecified atom stereocenters. The molecule has 0 aromatic carbocycles. The molecule has 0 saturated heterocycles. The molecule has 5 heteroatoms. The van der Waals surface area contributed by atoms with Crippen molar-refractivity contribution >= 4 is 11.8 Å². The minimum absolute atomic E-state index is 0.0947. The van der Waals surface area contributed by atoms with E-state index < -0.39 is 5.91 Å². The van der Waals surface area contributed by atoms with Gasteiger partial charge in [0, 0.05) is 0 Å².